The Balaban J connectivity index is 1.68. The number of aryl methyl sites for hydroxylation is 1. The Hall–Kier alpha value is -4.57. The molecule has 0 aliphatic carbocycles. The predicted octanol–water partition coefficient (Wildman–Crippen LogP) is 6.53. The zero-order chi connectivity index (χ0) is 28.6. The molecule has 0 fully saturated rings. The lowest BCUT2D eigenvalue weighted by Crippen LogP contribution is -2.19. The Morgan fingerprint density at radius 1 is 0.925 bits per heavy atom. The van der Waals surface area contributed by atoms with Gasteiger partial charge in [-0.1, -0.05) is 24.3 Å². The molecule has 7 nitrogen and oxygen atoms in total. The fourth-order valence-electron chi connectivity index (χ4n) is 4.42. The second-order valence-electron chi connectivity index (χ2n) is 9.86. The average Bonchev–Trinajstić information content (AvgIpc) is 2.90. The Kier molecular flexibility index (Phi) is 7.12. The summed E-state index contributed by atoms with van der Waals surface area (Å²) in [5.41, 5.74) is 7.14. The maximum atomic E-state index is 13.7. The molecular formula is C30H26F3N5O2. The third-order valence-electron chi connectivity index (χ3n) is 6.29. The number of aromatic nitrogens is 4. The van der Waals surface area contributed by atoms with Crippen LogP contribution < -0.4 is 10.5 Å². The van der Waals surface area contributed by atoms with Crippen molar-refractivity contribution in [1.29, 1.82) is 0 Å². The lowest BCUT2D eigenvalue weighted by atomic mass is 9.99. The highest BCUT2D eigenvalue weighted by molar-refractivity contribution is 5.86. The fourth-order valence-corrected chi connectivity index (χ4v) is 4.42. The standard InChI is InChI=1S/C30H26F3N5O2/c1-16-12-19(13-22(35-16)27(32)33)25-26(17-8-10-20(31)11-9-17)37-29(34)38-28(25)40-15-23-21-7-5-4-6-18(21)14-24(36-23)30(2,3)39/h4-14,27,39H,15H2,1-3H3,(H2,34,37,38). The molecule has 5 aromatic rings. The third-order valence-corrected chi connectivity index (χ3v) is 6.29. The van der Waals surface area contributed by atoms with E-state index in [-0.39, 0.29) is 29.7 Å². The van der Waals surface area contributed by atoms with E-state index < -0.39 is 23.5 Å². The van der Waals surface area contributed by atoms with E-state index in [9.17, 15) is 18.3 Å². The molecule has 10 heteroatoms. The van der Waals surface area contributed by atoms with Gasteiger partial charge in [-0.05, 0) is 74.2 Å². The summed E-state index contributed by atoms with van der Waals surface area (Å²) in [7, 11) is 0. The molecule has 0 saturated carbocycles. The van der Waals surface area contributed by atoms with Crippen molar-refractivity contribution in [3.05, 3.63) is 95.3 Å². The van der Waals surface area contributed by atoms with Gasteiger partial charge in [-0.2, -0.15) is 4.98 Å². The molecule has 3 heterocycles. The number of alkyl halides is 2. The monoisotopic (exact) mass is 545 g/mol. The second-order valence-corrected chi connectivity index (χ2v) is 9.86. The molecule has 3 aromatic heterocycles. The molecule has 0 atom stereocenters. The van der Waals surface area contributed by atoms with Crippen LogP contribution >= 0.6 is 0 Å². The van der Waals surface area contributed by atoms with E-state index in [1.807, 2.05) is 30.3 Å². The number of anilines is 1. The number of aliphatic hydroxyl groups is 1. The Bertz CT molecular complexity index is 1700. The lowest BCUT2D eigenvalue weighted by molar-refractivity contribution is 0.0736. The number of hydrogen-bond acceptors (Lipinski definition) is 7. The van der Waals surface area contributed by atoms with Crippen molar-refractivity contribution in [2.45, 2.75) is 39.4 Å². The first-order chi connectivity index (χ1) is 19.0. The normalized spacial score (nSPS) is 11.8. The molecule has 0 unspecified atom stereocenters. The molecule has 3 N–H and O–H groups in total. The van der Waals surface area contributed by atoms with Crippen LogP contribution in [-0.4, -0.2) is 25.0 Å². The maximum absolute atomic E-state index is 13.7. The summed E-state index contributed by atoms with van der Waals surface area (Å²) < 4.78 is 47.4. The number of halogens is 3. The van der Waals surface area contributed by atoms with Crippen LogP contribution in [0.3, 0.4) is 0 Å². The van der Waals surface area contributed by atoms with Gasteiger partial charge < -0.3 is 15.6 Å². The van der Waals surface area contributed by atoms with E-state index >= 15 is 0 Å². The van der Waals surface area contributed by atoms with Crippen LogP contribution in [0.25, 0.3) is 33.2 Å². The Morgan fingerprint density at radius 2 is 1.65 bits per heavy atom. The molecule has 0 radical (unpaired) electrons. The van der Waals surface area contributed by atoms with E-state index in [4.69, 9.17) is 10.5 Å². The fraction of sp³-hybridized carbons (Fsp3) is 0.200. The van der Waals surface area contributed by atoms with Crippen molar-refractivity contribution in [3.63, 3.8) is 0 Å². The number of pyridine rings is 2. The van der Waals surface area contributed by atoms with Gasteiger partial charge in [0.2, 0.25) is 11.8 Å². The van der Waals surface area contributed by atoms with Gasteiger partial charge in [-0.15, -0.1) is 0 Å². The zero-order valence-corrected chi connectivity index (χ0v) is 22.0. The van der Waals surface area contributed by atoms with E-state index in [0.29, 0.717) is 28.2 Å². The van der Waals surface area contributed by atoms with Crippen molar-refractivity contribution >= 4 is 16.7 Å². The van der Waals surface area contributed by atoms with Crippen LogP contribution in [0.15, 0.2) is 66.7 Å². The number of rotatable bonds is 7. The molecule has 204 valence electrons. The number of nitrogens with two attached hydrogens (primary N) is 1. The van der Waals surface area contributed by atoms with Gasteiger partial charge >= 0.3 is 0 Å². The summed E-state index contributed by atoms with van der Waals surface area (Å²) in [5, 5.41) is 12.3. The summed E-state index contributed by atoms with van der Waals surface area (Å²) in [4.78, 5) is 17.3. The first-order valence-electron chi connectivity index (χ1n) is 12.4. The van der Waals surface area contributed by atoms with Gasteiger partial charge in [0.15, 0.2) is 0 Å². The molecule has 0 amide bonds. The van der Waals surface area contributed by atoms with Crippen LogP contribution in [0.5, 0.6) is 5.88 Å². The SMILES string of the molecule is Cc1cc(-c2c(OCc3nc(C(C)(C)O)cc4ccccc34)nc(N)nc2-c2ccc(F)cc2)cc(C(F)F)n1. The van der Waals surface area contributed by atoms with Crippen LogP contribution in [0.2, 0.25) is 0 Å². The lowest BCUT2D eigenvalue weighted by Gasteiger charge is -2.20. The highest BCUT2D eigenvalue weighted by Crippen LogP contribution is 2.39. The summed E-state index contributed by atoms with van der Waals surface area (Å²) >= 11 is 0. The van der Waals surface area contributed by atoms with Crippen molar-refractivity contribution in [3.8, 4) is 28.3 Å². The highest BCUT2D eigenvalue weighted by atomic mass is 19.3. The molecule has 5 rings (SSSR count). The largest absolute Gasteiger partial charge is 0.471 e. The van der Waals surface area contributed by atoms with Crippen LogP contribution in [0, 0.1) is 12.7 Å². The van der Waals surface area contributed by atoms with Crippen LogP contribution in [0.4, 0.5) is 19.1 Å². The quantitative estimate of drug-likeness (QED) is 0.240. The Morgan fingerprint density at radius 3 is 2.35 bits per heavy atom. The zero-order valence-electron chi connectivity index (χ0n) is 22.0. The summed E-state index contributed by atoms with van der Waals surface area (Å²) in [6, 6.07) is 17.7. The molecule has 0 saturated heterocycles. The van der Waals surface area contributed by atoms with E-state index in [1.165, 1.54) is 30.3 Å². The topological polar surface area (TPSA) is 107 Å². The minimum atomic E-state index is -2.81. The number of hydrogen-bond donors (Lipinski definition) is 2. The predicted molar refractivity (Wildman–Crippen MR) is 146 cm³/mol. The summed E-state index contributed by atoms with van der Waals surface area (Å²) in [6.45, 7) is 4.80. The molecule has 40 heavy (non-hydrogen) atoms. The van der Waals surface area contributed by atoms with Crippen molar-refractivity contribution in [2.24, 2.45) is 0 Å². The number of nitrogen functional groups attached to an aromatic ring is 1. The van der Waals surface area contributed by atoms with Gasteiger partial charge in [-0.25, -0.2) is 18.2 Å². The molecular weight excluding hydrogens is 519 g/mol. The van der Waals surface area contributed by atoms with Crippen molar-refractivity contribution in [1.82, 2.24) is 19.9 Å². The Labute approximate surface area is 228 Å². The average molecular weight is 546 g/mol. The van der Waals surface area contributed by atoms with Crippen LogP contribution in [0.1, 0.15) is 43.0 Å². The number of nitrogens with zero attached hydrogens (tertiary/aromatic N) is 4. The summed E-state index contributed by atoms with van der Waals surface area (Å²) in [5.74, 6) is -0.550. The first kappa shape index (κ1) is 27.0. The van der Waals surface area contributed by atoms with Crippen LogP contribution in [-0.2, 0) is 12.2 Å². The summed E-state index contributed by atoms with van der Waals surface area (Å²) in [6.07, 6.45) is -2.81. The molecule has 0 aliphatic heterocycles. The van der Waals surface area contributed by atoms with Gasteiger partial charge in [0, 0.05) is 16.6 Å². The van der Waals surface area contributed by atoms with E-state index in [2.05, 4.69) is 19.9 Å². The van der Waals surface area contributed by atoms with Gasteiger partial charge in [0.05, 0.1) is 22.6 Å². The third kappa shape index (κ3) is 5.57. The van der Waals surface area contributed by atoms with Gasteiger partial charge in [-0.3, -0.25) is 9.97 Å². The number of fused-ring (bicyclic) bond motifs is 1. The van der Waals surface area contributed by atoms with Gasteiger partial charge in [0.25, 0.3) is 6.43 Å². The van der Waals surface area contributed by atoms with Crippen molar-refractivity contribution in [2.75, 3.05) is 5.73 Å². The van der Waals surface area contributed by atoms with E-state index in [0.717, 1.165) is 10.8 Å². The van der Waals surface area contributed by atoms with E-state index in [1.54, 1.807) is 26.8 Å². The molecule has 0 bridgehead atoms. The first-order valence-corrected chi connectivity index (χ1v) is 12.4. The second kappa shape index (κ2) is 10.5. The number of ether oxygens (including phenoxy) is 1. The molecule has 0 aliphatic rings. The highest BCUT2D eigenvalue weighted by Gasteiger charge is 2.23. The smallest absolute Gasteiger partial charge is 0.280 e. The molecule has 2 aromatic carbocycles. The molecule has 0 spiro atoms. The minimum absolute atomic E-state index is 0.0252. The maximum Gasteiger partial charge on any atom is 0.280 e. The number of benzene rings is 2. The minimum Gasteiger partial charge on any atom is -0.471 e. The van der Waals surface area contributed by atoms with Gasteiger partial charge in [0.1, 0.15) is 23.7 Å². The van der Waals surface area contributed by atoms with Crippen molar-refractivity contribution < 1.29 is 23.0 Å².